The van der Waals surface area contributed by atoms with E-state index in [1.54, 1.807) is 6.20 Å². The van der Waals surface area contributed by atoms with Gasteiger partial charge in [-0.3, -0.25) is 4.98 Å². The molecule has 0 atom stereocenters. The van der Waals surface area contributed by atoms with Gasteiger partial charge in [0.2, 0.25) is 0 Å². The van der Waals surface area contributed by atoms with E-state index < -0.39 is 0 Å². The van der Waals surface area contributed by atoms with E-state index in [-0.39, 0.29) is 0 Å². The molecule has 2 heterocycles. The van der Waals surface area contributed by atoms with E-state index in [4.69, 9.17) is 0 Å². The predicted molar refractivity (Wildman–Crippen MR) is 69.7 cm³/mol. The average molecular weight is 220 g/mol. The van der Waals surface area contributed by atoms with Gasteiger partial charge in [-0.25, -0.2) is 4.98 Å². The minimum absolute atomic E-state index is 0.918. The third-order valence-corrected chi connectivity index (χ3v) is 2.85. The SMILES string of the molecule is Cc1cc(-c2ccccn2)nc2ccccc12. The van der Waals surface area contributed by atoms with E-state index in [0.29, 0.717) is 0 Å². The monoisotopic (exact) mass is 220 g/mol. The Morgan fingerprint density at radius 3 is 2.53 bits per heavy atom. The van der Waals surface area contributed by atoms with Crippen LogP contribution >= 0.6 is 0 Å². The summed E-state index contributed by atoms with van der Waals surface area (Å²) in [6, 6.07) is 16.1. The Morgan fingerprint density at radius 2 is 1.71 bits per heavy atom. The van der Waals surface area contributed by atoms with Crippen molar-refractivity contribution >= 4 is 10.9 Å². The van der Waals surface area contributed by atoms with Crippen LogP contribution in [0.15, 0.2) is 54.7 Å². The van der Waals surface area contributed by atoms with E-state index in [9.17, 15) is 0 Å². The molecule has 82 valence electrons. The van der Waals surface area contributed by atoms with Crippen molar-refractivity contribution in [2.75, 3.05) is 0 Å². The Hall–Kier alpha value is -2.22. The molecule has 0 aliphatic carbocycles. The van der Waals surface area contributed by atoms with Crippen LogP contribution in [-0.4, -0.2) is 9.97 Å². The fraction of sp³-hybridized carbons (Fsp3) is 0.0667. The number of aryl methyl sites for hydroxylation is 1. The number of fused-ring (bicyclic) bond motifs is 1. The van der Waals surface area contributed by atoms with Crippen LogP contribution < -0.4 is 0 Å². The Kier molecular flexibility index (Phi) is 2.33. The number of rotatable bonds is 1. The Labute approximate surface area is 100.0 Å². The van der Waals surface area contributed by atoms with E-state index >= 15 is 0 Å². The number of nitrogens with zero attached hydrogens (tertiary/aromatic N) is 2. The molecule has 0 N–H and O–H groups in total. The zero-order valence-corrected chi connectivity index (χ0v) is 9.59. The molecule has 2 aromatic heterocycles. The highest BCUT2D eigenvalue weighted by Gasteiger charge is 2.04. The topological polar surface area (TPSA) is 25.8 Å². The summed E-state index contributed by atoms with van der Waals surface area (Å²) in [5, 5.41) is 1.20. The lowest BCUT2D eigenvalue weighted by atomic mass is 10.1. The molecule has 3 rings (SSSR count). The third-order valence-electron chi connectivity index (χ3n) is 2.85. The first-order chi connectivity index (χ1) is 8.34. The van der Waals surface area contributed by atoms with Crippen LogP contribution in [0, 0.1) is 6.92 Å². The second-order valence-electron chi connectivity index (χ2n) is 4.06. The van der Waals surface area contributed by atoms with Crippen LogP contribution in [0.2, 0.25) is 0 Å². The molecule has 0 saturated carbocycles. The second kappa shape index (κ2) is 3.98. The normalized spacial score (nSPS) is 10.6. The van der Waals surface area contributed by atoms with Crippen molar-refractivity contribution in [3.05, 3.63) is 60.3 Å². The smallest absolute Gasteiger partial charge is 0.0896 e. The summed E-state index contributed by atoms with van der Waals surface area (Å²) in [4.78, 5) is 8.98. The zero-order valence-electron chi connectivity index (χ0n) is 9.59. The molecular weight excluding hydrogens is 208 g/mol. The van der Waals surface area contributed by atoms with Gasteiger partial charge in [0, 0.05) is 11.6 Å². The molecule has 2 heteroatoms. The van der Waals surface area contributed by atoms with Gasteiger partial charge in [-0.05, 0) is 36.8 Å². The van der Waals surface area contributed by atoms with Gasteiger partial charge in [-0.1, -0.05) is 24.3 Å². The molecule has 17 heavy (non-hydrogen) atoms. The summed E-state index contributed by atoms with van der Waals surface area (Å²) < 4.78 is 0. The maximum atomic E-state index is 4.64. The lowest BCUT2D eigenvalue weighted by Crippen LogP contribution is -1.90. The maximum absolute atomic E-state index is 4.64. The fourth-order valence-electron chi connectivity index (χ4n) is 1.99. The molecule has 2 nitrogen and oxygen atoms in total. The number of benzene rings is 1. The number of aromatic nitrogens is 2. The van der Waals surface area contributed by atoms with Crippen molar-refractivity contribution in [2.24, 2.45) is 0 Å². The third kappa shape index (κ3) is 1.78. The van der Waals surface area contributed by atoms with Crippen LogP contribution in [0.4, 0.5) is 0 Å². The average Bonchev–Trinajstić information content (AvgIpc) is 2.40. The van der Waals surface area contributed by atoms with Gasteiger partial charge in [0.05, 0.1) is 16.9 Å². The van der Waals surface area contributed by atoms with Gasteiger partial charge < -0.3 is 0 Å². The lowest BCUT2D eigenvalue weighted by Gasteiger charge is -2.05. The van der Waals surface area contributed by atoms with Gasteiger partial charge in [-0.2, -0.15) is 0 Å². The van der Waals surface area contributed by atoms with Gasteiger partial charge >= 0.3 is 0 Å². The molecule has 0 fully saturated rings. The fourth-order valence-corrected chi connectivity index (χ4v) is 1.99. The van der Waals surface area contributed by atoms with Crippen LogP contribution in [0.5, 0.6) is 0 Å². The van der Waals surface area contributed by atoms with Gasteiger partial charge in [0.25, 0.3) is 0 Å². The van der Waals surface area contributed by atoms with E-state index in [1.165, 1.54) is 10.9 Å². The summed E-state index contributed by atoms with van der Waals surface area (Å²) >= 11 is 0. The minimum Gasteiger partial charge on any atom is -0.255 e. The van der Waals surface area contributed by atoms with Crippen molar-refractivity contribution in [1.82, 2.24) is 9.97 Å². The standard InChI is InChI=1S/C15H12N2/c1-11-10-15(14-8-4-5-9-16-14)17-13-7-3-2-6-12(11)13/h2-10H,1H3. The lowest BCUT2D eigenvalue weighted by molar-refractivity contribution is 1.27. The molecule has 0 unspecified atom stereocenters. The molecule has 3 aromatic rings. The second-order valence-corrected chi connectivity index (χ2v) is 4.06. The maximum Gasteiger partial charge on any atom is 0.0896 e. The summed E-state index contributed by atoms with van der Waals surface area (Å²) in [5.74, 6) is 0. The van der Waals surface area contributed by atoms with Gasteiger partial charge in [-0.15, -0.1) is 0 Å². The highest BCUT2D eigenvalue weighted by molar-refractivity contribution is 5.84. The number of para-hydroxylation sites is 1. The zero-order chi connectivity index (χ0) is 11.7. The Balaban J connectivity index is 2.26. The Bertz CT molecular complexity index is 660. The first-order valence-electron chi connectivity index (χ1n) is 5.62. The summed E-state index contributed by atoms with van der Waals surface area (Å²) in [5.41, 5.74) is 4.10. The van der Waals surface area contributed by atoms with Crippen LogP contribution in [0.1, 0.15) is 5.56 Å². The van der Waals surface area contributed by atoms with Crippen molar-refractivity contribution in [2.45, 2.75) is 6.92 Å². The summed E-state index contributed by atoms with van der Waals surface area (Å²) in [7, 11) is 0. The molecule has 0 aliphatic rings. The van der Waals surface area contributed by atoms with Crippen LogP contribution in [-0.2, 0) is 0 Å². The van der Waals surface area contributed by atoms with Gasteiger partial charge in [0.1, 0.15) is 0 Å². The van der Waals surface area contributed by atoms with E-state index in [1.807, 2.05) is 36.4 Å². The molecule has 0 saturated heterocycles. The first-order valence-corrected chi connectivity index (χ1v) is 5.62. The van der Waals surface area contributed by atoms with Crippen molar-refractivity contribution < 1.29 is 0 Å². The minimum atomic E-state index is 0.918. The summed E-state index contributed by atoms with van der Waals surface area (Å²) in [6.07, 6.45) is 1.79. The molecular formula is C15H12N2. The van der Waals surface area contributed by atoms with Crippen molar-refractivity contribution in [3.63, 3.8) is 0 Å². The Morgan fingerprint density at radius 1 is 0.882 bits per heavy atom. The largest absolute Gasteiger partial charge is 0.255 e. The van der Waals surface area contributed by atoms with Crippen molar-refractivity contribution in [3.8, 4) is 11.4 Å². The predicted octanol–water partition coefficient (Wildman–Crippen LogP) is 3.61. The highest BCUT2D eigenvalue weighted by atomic mass is 14.8. The van der Waals surface area contributed by atoms with Crippen molar-refractivity contribution in [1.29, 1.82) is 0 Å². The van der Waals surface area contributed by atoms with E-state index in [2.05, 4.69) is 29.0 Å². The first kappa shape index (κ1) is 9.97. The quantitative estimate of drug-likeness (QED) is 0.626. The molecule has 1 aromatic carbocycles. The van der Waals surface area contributed by atoms with E-state index in [0.717, 1.165) is 16.9 Å². The number of hydrogen-bond donors (Lipinski definition) is 0. The molecule has 0 spiro atoms. The molecule has 0 radical (unpaired) electrons. The highest BCUT2D eigenvalue weighted by Crippen LogP contribution is 2.22. The van der Waals surface area contributed by atoms with Gasteiger partial charge in [0.15, 0.2) is 0 Å². The summed E-state index contributed by atoms with van der Waals surface area (Å²) in [6.45, 7) is 2.11. The number of hydrogen-bond acceptors (Lipinski definition) is 2. The molecule has 0 amide bonds. The molecule has 0 aliphatic heterocycles. The van der Waals surface area contributed by atoms with Crippen LogP contribution in [0.3, 0.4) is 0 Å². The number of pyridine rings is 2. The molecule has 0 bridgehead atoms. The van der Waals surface area contributed by atoms with Crippen LogP contribution in [0.25, 0.3) is 22.3 Å².